The fraction of sp³-hybridized carbons (Fsp3) is 0.300. The van der Waals surface area contributed by atoms with Gasteiger partial charge in [-0.3, -0.25) is 0 Å². The van der Waals surface area contributed by atoms with E-state index in [1.54, 1.807) is 24.3 Å². The lowest BCUT2D eigenvalue weighted by Gasteiger charge is -2.32. The third kappa shape index (κ3) is 4.56. The molecule has 3 nitrogen and oxygen atoms in total. The third-order valence-corrected chi connectivity index (χ3v) is 5.58. The second-order valence-electron chi connectivity index (χ2n) is 6.51. The Labute approximate surface area is 168 Å². The van der Waals surface area contributed by atoms with Crippen LogP contribution in [-0.4, -0.2) is 28.9 Å². The van der Waals surface area contributed by atoms with Gasteiger partial charge in [0.1, 0.15) is 10.7 Å². The van der Waals surface area contributed by atoms with E-state index >= 15 is 0 Å². The molecule has 6 heteroatoms. The van der Waals surface area contributed by atoms with Crippen LogP contribution in [0.2, 0.25) is 10.0 Å². The summed E-state index contributed by atoms with van der Waals surface area (Å²) in [6.45, 7) is 4.26. The first-order valence-corrected chi connectivity index (χ1v) is 9.67. The smallest absolute Gasteiger partial charge is 0.345 e. The van der Waals surface area contributed by atoms with Crippen molar-refractivity contribution in [2.75, 3.05) is 13.1 Å². The summed E-state index contributed by atoms with van der Waals surface area (Å²) in [7, 11) is 0. The van der Waals surface area contributed by atoms with Gasteiger partial charge < -0.3 is 9.64 Å². The number of hydrogen-bond acceptors (Lipinski definition) is 3. The van der Waals surface area contributed by atoms with Crippen molar-refractivity contribution in [3.63, 3.8) is 0 Å². The summed E-state index contributed by atoms with van der Waals surface area (Å²) in [6.07, 6.45) is 2.33. The van der Waals surface area contributed by atoms with Crippen molar-refractivity contribution < 1.29 is 9.53 Å². The van der Waals surface area contributed by atoms with Crippen LogP contribution in [0.3, 0.4) is 0 Å². The Morgan fingerprint density at radius 1 is 1.12 bits per heavy atom. The van der Waals surface area contributed by atoms with Gasteiger partial charge in [-0.25, -0.2) is 4.79 Å². The van der Waals surface area contributed by atoms with Crippen LogP contribution in [0.15, 0.2) is 42.5 Å². The number of hydrogen-bond donors (Lipinski definition) is 0. The van der Waals surface area contributed by atoms with E-state index in [0.717, 1.165) is 42.4 Å². The minimum absolute atomic E-state index is 0.264. The van der Waals surface area contributed by atoms with Gasteiger partial charge in [0.2, 0.25) is 0 Å². The predicted molar refractivity (Wildman–Crippen MR) is 110 cm³/mol. The Morgan fingerprint density at radius 2 is 1.77 bits per heavy atom. The zero-order valence-electron chi connectivity index (χ0n) is 14.4. The fourth-order valence-electron chi connectivity index (χ4n) is 2.88. The number of nitrogens with zero attached hydrogens (tertiary/aromatic N) is 1. The molecule has 0 aromatic heterocycles. The lowest BCUT2D eigenvalue weighted by Crippen LogP contribution is -2.37. The van der Waals surface area contributed by atoms with Crippen LogP contribution >= 0.6 is 35.4 Å². The van der Waals surface area contributed by atoms with Gasteiger partial charge in [-0.2, -0.15) is 0 Å². The SMILES string of the molecule is CC1CCN(C(=S)c2ccc(OC(=O)c3ccc(Cl)cc3Cl)cc2)CC1. The molecule has 0 radical (unpaired) electrons. The third-order valence-electron chi connectivity index (χ3n) is 4.53. The molecule has 0 aliphatic carbocycles. The summed E-state index contributed by atoms with van der Waals surface area (Å²) in [5.41, 5.74) is 1.23. The van der Waals surface area contributed by atoms with Crippen LogP contribution in [0.5, 0.6) is 5.75 Å². The number of esters is 1. The van der Waals surface area contributed by atoms with Gasteiger partial charge in [-0.1, -0.05) is 42.3 Å². The highest BCUT2D eigenvalue weighted by Crippen LogP contribution is 2.24. The number of likely N-dealkylation sites (tertiary alicyclic amines) is 1. The van der Waals surface area contributed by atoms with Crippen molar-refractivity contribution in [2.45, 2.75) is 19.8 Å². The molecule has 136 valence electrons. The van der Waals surface area contributed by atoms with Gasteiger partial charge in [0.25, 0.3) is 0 Å². The lowest BCUT2D eigenvalue weighted by molar-refractivity contribution is 0.0735. The van der Waals surface area contributed by atoms with Gasteiger partial charge in [-0.05, 0) is 61.2 Å². The van der Waals surface area contributed by atoms with Gasteiger partial charge >= 0.3 is 5.97 Å². The van der Waals surface area contributed by atoms with E-state index in [1.807, 2.05) is 12.1 Å². The Kier molecular flexibility index (Phi) is 6.17. The van der Waals surface area contributed by atoms with E-state index < -0.39 is 5.97 Å². The Hall–Kier alpha value is -1.62. The van der Waals surface area contributed by atoms with Crippen molar-refractivity contribution in [3.05, 3.63) is 63.6 Å². The molecular weight excluding hydrogens is 389 g/mol. The van der Waals surface area contributed by atoms with E-state index in [4.69, 9.17) is 40.2 Å². The van der Waals surface area contributed by atoms with Crippen molar-refractivity contribution in [1.29, 1.82) is 0 Å². The molecule has 0 N–H and O–H groups in total. The van der Waals surface area contributed by atoms with Gasteiger partial charge in [0.05, 0.1) is 10.6 Å². The molecule has 3 rings (SSSR count). The van der Waals surface area contributed by atoms with Crippen molar-refractivity contribution in [1.82, 2.24) is 4.90 Å². The normalized spacial score (nSPS) is 15.0. The summed E-state index contributed by atoms with van der Waals surface area (Å²) in [5.74, 6) is 0.683. The molecule has 0 atom stereocenters. The molecule has 26 heavy (non-hydrogen) atoms. The highest BCUT2D eigenvalue weighted by molar-refractivity contribution is 7.80. The molecule has 1 fully saturated rings. The summed E-state index contributed by atoms with van der Waals surface area (Å²) in [4.78, 5) is 15.3. The van der Waals surface area contributed by atoms with E-state index in [0.29, 0.717) is 10.8 Å². The maximum Gasteiger partial charge on any atom is 0.345 e. The topological polar surface area (TPSA) is 29.5 Å². The summed E-state index contributed by atoms with van der Waals surface area (Å²) < 4.78 is 5.39. The van der Waals surface area contributed by atoms with Gasteiger partial charge in [-0.15, -0.1) is 0 Å². The minimum atomic E-state index is -0.521. The molecule has 2 aromatic carbocycles. The van der Waals surface area contributed by atoms with Crippen LogP contribution in [0.25, 0.3) is 0 Å². The number of carbonyl (C=O) groups excluding carboxylic acids is 1. The lowest BCUT2D eigenvalue weighted by atomic mass is 9.99. The number of rotatable bonds is 3. The van der Waals surface area contributed by atoms with Crippen molar-refractivity contribution >= 4 is 46.4 Å². The van der Waals surface area contributed by atoms with Gasteiger partial charge in [0, 0.05) is 23.7 Å². The van der Waals surface area contributed by atoms with E-state index in [1.165, 1.54) is 6.07 Å². The number of carbonyl (C=O) groups is 1. The van der Waals surface area contributed by atoms with Crippen LogP contribution in [0, 0.1) is 5.92 Å². The van der Waals surface area contributed by atoms with E-state index in [-0.39, 0.29) is 10.6 Å². The molecule has 0 bridgehead atoms. The molecule has 1 heterocycles. The zero-order valence-corrected chi connectivity index (χ0v) is 16.7. The molecule has 0 unspecified atom stereocenters. The van der Waals surface area contributed by atoms with E-state index in [2.05, 4.69) is 11.8 Å². The fourth-order valence-corrected chi connectivity index (χ4v) is 3.68. The molecule has 0 spiro atoms. The predicted octanol–water partition coefficient (Wildman–Crippen LogP) is 5.62. The average molecular weight is 408 g/mol. The largest absolute Gasteiger partial charge is 0.423 e. The Balaban J connectivity index is 1.65. The summed E-state index contributed by atoms with van der Waals surface area (Å²) in [6, 6.07) is 11.9. The highest BCUT2D eigenvalue weighted by Gasteiger charge is 2.19. The van der Waals surface area contributed by atoms with Gasteiger partial charge in [0.15, 0.2) is 0 Å². The Bertz CT molecular complexity index is 815. The average Bonchev–Trinajstić information content (AvgIpc) is 2.62. The molecule has 0 saturated carbocycles. The monoisotopic (exact) mass is 407 g/mol. The molecule has 0 amide bonds. The standard InChI is InChI=1S/C20H19Cl2NO2S/c1-13-8-10-23(11-9-13)19(26)14-2-5-16(6-3-14)25-20(24)17-7-4-15(21)12-18(17)22/h2-7,12-13H,8-11H2,1H3. The number of piperidine rings is 1. The number of ether oxygens (including phenoxy) is 1. The first-order valence-electron chi connectivity index (χ1n) is 8.50. The second-order valence-corrected chi connectivity index (χ2v) is 7.74. The van der Waals surface area contributed by atoms with Crippen LogP contribution in [0.4, 0.5) is 0 Å². The Morgan fingerprint density at radius 3 is 2.38 bits per heavy atom. The van der Waals surface area contributed by atoms with Crippen LogP contribution in [-0.2, 0) is 0 Å². The van der Waals surface area contributed by atoms with Crippen molar-refractivity contribution in [2.24, 2.45) is 5.92 Å². The molecule has 1 aliphatic heterocycles. The summed E-state index contributed by atoms with van der Waals surface area (Å²) >= 11 is 17.5. The minimum Gasteiger partial charge on any atom is -0.423 e. The van der Waals surface area contributed by atoms with Crippen molar-refractivity contribution in [3.8, 4) is 5.75 Å². The number of halogens is 2. The first-order chi connectivity index (χ1) is 12.4. The van der Waals surface area contributed by atoms with Crippen LogP contribution in [0.1, 0.15) is 35.7 Å². The maximum absolute atomic E-state index is 12.3. The molecular formula is C20H19Cl2NO2S. The first kappa shape index (κ1) is 19.2. The number of benzene rings is 2. The summed E-state index contributed by atoms with van der Waals surface area (Å²) in [5, 5.41) is 0.733. The maximum atomic E-state index is 12.3. The number of thiocarbonyl (C=S) groups is 1. The molecule has 1 saturated heterocycles. The zero-order chi connectivity index (χ0) is 18.7. The van der Waals surface area contributed by atoms with Crippen LogP contribution < -0.4 is 4.74 Å². The molecule has 2 aromatic rings. The highest BCUT2D eigenvalue weighted by atomic mass is 35.5. The second kappa shape index (κ2) is 8.38. The van der Waals surface area contributed by atoms with E-state index in [9.17, 15) is 4.79 Å². The molecule has 1 aliphatic rings. The quantitative estimate of drug-likeness (QED) is 0.375.